The van der Waals surface area contributed by atoms with Crippen LogP contribution in [0.25, 0.3) is 11.1 Å². The fourth-order valence-electron chi connectivity index (χ4n) is 3.63. The monoisotopic (exact) mass is 481 g/mol. The van der Waals surface area contributed by atoms with Gasteiger partial charge in [0.1, 0.15) is 17.4 Å². The Morgan fingerprint density at radius 1 is 1.29 bits per heavy atom. The third kappa shape index (κ3) is 5.33. The van der Waals surface area contributed by atoms with Crippen molar-refractivity contribution in [1.82, 2.24) is 24.8 Å². The second kappa shape index (κ2) is 10.2. The lowest BCUT2D eigenvalue weighted by Gasteiger charge is -2.18. The Balaban J connectivity index is 1.48. The smallest absolute Gasteiger partial charge is 0.257 e. The lowest BCUT2D eigenvalue weighted by molar-refractivity contribution is 0.0949. The number of nitrogens with zero attached hydrogens (tertiary/aromatic N) is 4. The van der Waals surface area contributed by atoms with Crippen LogP contribution in [0.15, 0.2) is 64.3 Å². The van der Waals surface area contributed by atoms with Crippen LogP contribution < -0.4 is 10.7 Å². The van der Waals surface area contributed by atoms with E-state index in [0.717, 1.165) is 5.56 Å². The lowest BCUT2D eigenvalue weighted by atomic mass is 10.2. The first-order chi connectivity index (χ1) is 16.3. The molecule has 10 heteroatoms. The number of likely N-dealkylation sites (N-methyl/N-ethyl adjacent to an activating group) is 1. The largest absolute Gasteiger partial charge is 0.443 e. The number of pyridine rings is 1. The lowest BCUT2D eigenvalue weighted by Crippen LogP contribution is -2.29. The molecule has 1 atom stereocenters. The van der Waals surface area contributed by atoms with E-state index in [9.17, 15) is 14.7 Å². The van der Waals surface area contributed by atoms with Crippen molar-refractivity contribution in [2.75, 3.05) is 13.6 Å². The Bertz CT molecular complexity index is 1350. The summed E-state index contributed by atoms with van der Waals surface area (Å²) in [5, 5.41) is 14.1. The summed E-state index contributed by atoms with van der Waals surface area (Å²) >= 11 is 5.89. The number of aromatic nitrogens is 3. The summed E-state index contributed by atoms with van der Waals surface area (Å²) in [7, 11) is 3.53. The second-order valence-corrected chi connectivity index (χ2v) is 8.50. The standard InChI is InChI=1S/C24H24ClN5O4/c1-29(14-21(31)20-11-26-7-8-27-20)12-17-9-18-22(32)19(13-30(2)24(18)34-17)23(33)28-10-15-3-5-16(25)6-4-15/h3-9,11,13,21,31H,10,12,14H2,1-2H3,(H,28,33)/t21-/m1/s1. The van der Waals surface area contributed by atoms with E-state index in [4.69, 9.17) is 16.0 Å². The molecule has 4 aromatic rings. The number of furan rings is 1. The number of hydrogen-bond acceptors (Lipinski definition) is 7. The van der Waals surface area contributed by atoms with E-state index in [0.29, 0.717) is 40.7 Å². The number of fused-ring (bicyclic) bond motifs is 1. The van der Waals surface area contributed by atoms with Crippen molar-refractivity contribution < 1.29 is 14.3 Å². The maximum atomic E-state index is 13.0. The number of hydrogen-bond donors (Lipinski definition) is 2. The highest BCUT2D eigenvalue weighted by Crippen LogP contribution is 2.19. The zero-order valence-electron chi connectivity index (χ0n) is 18.7. The highest BCUT2D eigenvalue weighted by Gasteiger charge is 2.19. The predicted molar refractivity (Wildman–Crippen MR) is 127 cm³/mol. The molecule has 0 saturated heterocycles. The van der Waals surface area contributed by atoms with Gasteiger partial charge < -0.3 is 19.4 Å². The van der Waals surface area contributed by atoms with Crippen molar-refractivity contribution in [2.24, 2.45) is 7.05 Å². The number of aliphatic hydroxyl groups is 1. The molecule has 1 aromatic carbocycles. The van der Waals surface area contributed by atoms with E-state index in [1.807, 2.05) is 24.1 Å². The average molecular weight is 482 g/mol. The summed E-state index contributed by atoms with van der Waals surface area (Å²) in [6.45, 7) is 0.917. The van der Waals surface area contributed by atoms with Crippen LogP contribution in [0.2, 0.25) is 5.02 Å². The van der Waals surface area contributed by atoms with Crippen LogP contribution in [0.3, 0.4) is 0 Å². The molecule has 0 saturated carbocycles. The molecule has 34 heavy (non-hydrogen) atoms. The van der Waals surface area contributed by atoms with Gasteiger partial charge in [0.15, 0.2) is 0 Å². The Hall–Kier alpha value is -3.53. The molecule has 1 amide bonds. The van der Waals surface area contributed by atoms with Gasteiger partial charge in [0.05, 0.1) is 23.8 Å². The molecule has 4 rings (SSSR count). The van der Waals surface area contributed by atoms with E-state index in [1.54, 1.807) is 36.0 Å². The fourth-order valence-corrected chi connectivity index (χ4v) is 3.76. The number of aryl methyl sites for hydroxylation is 1. The summed E-state index contributed by atoms with van der Waals surface area (Å²) in [6.07, 6.45) is 5.24. The minimum atomic E-state index is -0.815. The predicted octanol–water partition coefficient (Wildman–Crippen LogP) is 2.67. The maximum Gasteiger partial charge on any atom is 0.257 e. The third-order valence-corrected chi connectivity index (χ3v) is 5.59. The van der Waals surface area contributed by atoms with Crippen LogP contribution in [0.4, 0.5) is 0 Å². The van der Waals surface area contributed by atoms with Gasteiger partial charge in [-0.25, -0.2) is 0 Å². The Morgan fingerprint density at radius 2 is 2.06 bits per heavy atom. The number of nitrogens with one attached hydrogen (secondary N) is 1. The van der Waals surface area contributed by atoms with Gasteiger partial charge in [-0.15, -0.1) is 0 Å². The van der Waals surface area contributed by atoms with Crippen LogP contribution in [0.1, 0.15) is 33.5 Å². The molecule has 0 aliphatic rings. The van der Waals surface area contributed by atoms with Crippen molar-refractivity contribution in [3.05, 3.63) is 92.9 Å². The molecular formula is C24H24ClN5O4. The van der Waals surface area contributed by atoms with Crippen molar-refractivity contribution >= 4 is 28.6 Å². The van der Waals surface area contributed by atoms with Gasteiger partial charge in [0.25, 0.3) is 5.91 Å². The Morgan fingerprint density at radius 3 is 2.76 bits per heavy atom. The molecule has 0 unspecified atom stereocenters. The molecule has 0 spiro atoms. The van der Waals surface area contributed by atoms with Gasteiger partial charge in [-0.2, -0.15) is 0 Å². The third-order valence-electron chi connectivity index (χ3n) is 5.34. The van der Waals surface area contributed by atoms with Crippen molar-refractivity contribution in [1.29, 1.82) is 0 Å². The molecule has 0 aliphatic heterocycles. The Labute approximate surface area is 200 Å². The minimum absolute atomic E-state index is 0.0303. The molecule has 176 valence electrons. The summed E-state index contributed by atoms with van der Waals surface area (Å²) < 4.78 is 7.50. The van der Waals surface area contributed by atoms with Gasteiger partial charge >= 0.3 is 0 Å². The van der Waals surface area contributed by atoms with Crippen LogP contribution in [0, 0.1) is 0 Å². The first kappa shape index (κ1) is 23.6. The maximum absolute atomic E-state index is 13.0. The molecule has 2 N–H and O–H groups in total. The summed E-state index contributed by atoms with van der Waals surface area (Å²) in [6, 6.07) is 8.74. The van der Waals surface area contributed by atoms with Crippen LogP contribution in [0.5, 0.6) is 0 Å². The zero-order valence-corrected chi connectivity index (χ0v) is 19.5. The minimum Gasteiger partial charge on any atom is -0.443 e. The zero-order chi connectivity index (χ0) is 24.2. The van der Waals surface area contributed by atoms with E-state index in [-0.39, 0.29) is 12.1 Å². The highest BCUT2D eigenvalue weighted by atomic mass is 35.5. The molecular weight excluding hydrogens is 458 g/mol. The van der Waals surface area contributed by atoms with Crippen LogP contribution in [-0.2, 0) is 20.1 Å². The number of carbonyl (C=O) groups is 1. The molecule has 0 aliphatic carbocycles. The normalized spacial score (nSPS) is 12.3. The van der Waals surface area contributed by atoms with Crippen molar-refractivity contribution in [2.45, 2.75) is 19.2 Å². The number of halogens is 1. The van der Waals surface area contributed by atoms with Crippen LogP contribution >= 0.6 is 11.6 Å². The van der Waals surface area contributed by atoms with Gasteiger partial charge in [0.2, 0.25) is 11.1 Å². The molecule has 9 nitrogen and oxygen atoms in total. The number of aliphatic hydroxyl groups excluding tert-OH is 1. The Kier molecular flexibility index (Phi) is 7.06. The molecule has 0 radical (unpaired) electrons. The van der Waals surface area contributed by atoms with Gasteiger partial charge in [0, 0.05) is 43.8 Å². The number of carbonyl (C=O) groups excluding carboxylic acids is 1. The van der Waals surface area contributed by atoms with E-state index in [1.165, 1.54) is 18.6 Å². The van der Waals surface area contributed by atoms with E-state index >= 15 is 0 Å². The average Bonchev–Trinajstić information content (AvgIpc) is 3.26. The van der Waals surface area contributed by atoms with E-state index in [2.05, 4.69) is 15.3 Å². The van der Waals surface area contributed by atoms with Crippen molar-refractivity contribution in [3.8, 4) is 0 Å². The number of benzene rings is 1. The van der Waals surface area contributed by atoms with Gasteiger partial charge in [-0.05, 0) is 30.8 Å². The SMILES string of the molecule is CN(Cc1cc2c(=O)c(C(=O)NCc3ccc(Cl)cc3)cn(C)c2o1)C[C@@H](O)c1cnccn1. The summed E-state index contributed by atoms with van der Waals surface area (Å²) in [5.74, 6) is 0.0691. The second-order valence-electron chi connectivity index (χ2n) is 8.07. The summed E-state index contributed by atoms with van der Waals surface area (Å²) in [4.78, 5) is 35.7. The van der Waals surface area contributed by atoms with E-state index < -0.39 is 17.4 Å². The van der Waals surface area contributed by atoms with Gasteiger partial charge in [-0.1, -0.05) is 23.7 Å². The topological polar surface area (TPSA) is 113 Å². The fraction of sp³-hybridized carbons (Fsp3) is 0.250. The molecule has 0 bridgehead atoms. The first-order valence-corrected chi connectivity index (χ1v) is 11.0. The van der Waals surface area contributed by atoms with Crippen molar-refractivity contribution in [3.63, 3.8) is 0 Å². The highest BCUT2D eigenvalue weighted by molar-refractivity contribution is 6.30. The molecule has 3 heterocycles. The quantitative estimate of drug-likeness (QED) is 0.397. The summed E-state index contributed by atoms with van der Waals surface area (Å²) in [5.41, 5.74) is 1.34. The number of rotatable bonds is 8. The number of amides is 1. The van der Waals surface area contributed by atoms with Gasteiger partial charge in [-0.3, -0.25) is 24.5 Å². The van der Waals surface area contributed by atoms with Crippen LogP contribution in [-0.4, -0.2) is 44.0 Å². The first-order valence-electron chi connectivity index (χ1n) is 10.6. The molecule has 3 aromatic heterocycles. The molecule has 0 fully saturated rings.